The van der Waals surface area contributed by atoms with Crippen LogP contribution in [0.25, 0.3) is 0 Å². The second kappa shape index (κ2) is 5.22. The first-order chi connectivity index (χ1) is 8.65. The highest BCUT2D eigenvalue weighted by atomic mass is 19.1. The summed E-state index contributed by atoms with van der Waals surface area (Å²) in [6, 6.07) is 4.11. The Morgan fingerprint density at radius 1 is 1.61 bits per heavy atom. The van der Waals surface area contributed by atoms with Crippen molar-refractivity contribution in [2.75, 3.05) is 37.4 Å². The van der Waals surface area contributed by atoms with Crippen LogP contribution in [0.15, 0.2) is 18.2 Å². The van der Waals surface area contributed by atoms with Crippen LogP contribution in [0.3, 0.4) is 0 Å². The Labute approximate surface area is 105 Å². The molecule has 1 aromatic carbocycles. The largest absolute Gasteiger partial charge is 0.395 e. The van der Waals surface area contributed by atoms with E-state index >= 15 is 0 Å². The number of nitrogens with zero attached hydrogens (tertiary/aromatic N) is 1. The van der Waals surface area contributed by atoms with Crippen molar-refractivity contribution in [3.8, 4) is 0 Å². The molecule has 1 atom stereocenters. The number of morpholine rings is 1. The van der Waals surface area contributed by atoms with Crippen molar-refractivity contribution in [2.24, 2.45) is 0 Å². The van der Waals surface area contributed by atoms with Gasteiger partial charge in [-0.1, -0.05) is 6.07 Å². The van der Waals surface area contributed by atoms with Crippen molar-refractivity contribution in [3.05, 3.63) is 24.0 Å². The van der Waals surface area contributed by atoms with Crippen LogP contribution in [-0.2, 0) is 9.53 Å². The molecule has 0 radical (unpaired) electrons. The third kappa shape index (κ3) is 2.24. The molecule has 6 heteroatoms. The summed E-state index contributed by atoms with van der Waals surface area (Å²) in [4.78, 5) is 13.6. The third-order valence-electron chi connectivity index (χ3n) is 3.02. The second-order valence-corrected chi connectivity index (χ2v) is 4.07. The van der Waals surface area contributed by atoms with E-state index < -0.39 is 11.9 Å². The van der Waals surface area contributed by atoms with Gasteiger partial charge in [-0.15, -0.1) is 0 Å². The maximum absolute atomic E-state index is 13.5. The van der Waals surface area contributed by atoms with E-state index in [9.17, 15) is 9.18 Å². The van der Waals surface area contributed by atoms with Gasteiger partial charge in [-0.2, -0.15) is 0 Å². The lowest BCUT2D eigenvalue weighted by Crippen LogP contribution is -2.53. The molecule has 98 valence electrons. The average Bonchev–Trinajstić information content (AvgIpc) is 2.41. The lowest BCUT2D eigenvalue weighted by atomic mass is 10.1. The molecule has 2 rings (SSSR count). The highest BCUT2D eigenvalue weighted by Crippen LogP contribution is 2.28. The number of hydrogen-bond donors (Lipinski definition) is 2. The summed E-state index contributed by atoms with van der Waals surface area (Å²) in [7, 11) is 1.56. The number of hydrogen-bond acceptors (Lipinski definition) is 4. The highest BCUT2D eigenvalue weighted by Gasteiger charge is 2.30. The normalized spacial score (nSPS) is 19.7. The van der Waals surface area contributed by atoms with Crippen molar-refractivity contribution in [1.29, 1.82) is 0 Å². The summed E-state index contributed by atoms with van der Waals surface area (Å²) in [6.45, 7) is 1.27. The van der Waals surface area contributed by atoms with E-state index in [2.05, 4.69) is 5.32 Å². The van der Waals surface area contributed by atoms with Crippen LogP contribution < -0.4 is 16.0 Å². The first-order valence-corrected chi connectivity index (χ1v) is 5.75. The van der Waals surface area contributed by atoms with Crippen molar-refractivity contribution >= 4 is 17.3 Å². The van der Waals surface area contributed by atoms with Crippen LogP contribution in [0.1, 0.15) is 0 Å². The molecule has 0 aromatic heterocycles. The molecule has 0 bridgehead atoms. The van der Waals surface area contributed by atoms with Crippen LogP contribution in [-0.4, -0.2) is 38.8 Å². The maximum atomic E-state index is 13.5. The quantitative estimate of drug-likeness (QED) is 0.747. The fourth-order valence-electron chi connectivity index (χ4n) is 2.05. The van der Waals surface area contributed by atoms with Gasteiger partial charge < -0.3 is 20.7 Å². The number of rotatable bonds is 2. The predicted molar refractivity (Wildman–Crippen MR) is 66.8 cm³/mol. The van der Waals surface area contributed by atoms with E-state index in [4.69, 9.17) is 10.5 Å². The Morgan fingerprint density at radius 3 is 3.11 bits per heavy atom. The van der Waals surface area contributed by atoms with E-state index in [0.29, 0.717) is 18.8 Å². The molecule has 1 aliphatic rings. The van der Waals surface area contributed by atoms with Crippen molar-refractivity contribution in [1.82, 2.24) is 5.32 Å². The lowest BCUT2D eigenvalue weighted by Gasteiger charge is -2.36. The molecule has 1 aromatic rings. The molecule has 1 heterocycles. The SMILES string of the molecule is CNC(=O)C1COCCN1c1cccc(F)c1N. The number of nitrogens with one attached hydrogen (secondary N) is 1. The number of nitrogens with two attached hydrogens (primary N) is 1. The number of benzene rings is 1. The molecular formula is C12H16FN3O2. The molecule has 1 saturated heterocycles. The molecule has 3 N–H and O–H groups in total. The van der Waals surface area contributed by atoms with E-state index in [1.165, 1.54) is 6.07 Å². The van der Waals surface area contributed by atoms with Crippen molar-refractivity contribution in [2.45, 2.75) is 6.04 Å². The first kappa shape index (κ1) is 12.6. The van der Waals surface area contributed by atoms with E-state index in [-0.39, 0.29) is 18.2 Å². The monoisotopic (exact) mass is 253 g/mol. The minimum atomic E-state index is -0.479. The topological polar surface area (TPSA) is 67.6 Å². The number of para-hydroxylation sites is 1. The second-order valence-electron chi connectivity index (χ2n) is 4.07. The van der Waals surface area contributed by atoms with E-state index in [1.807, 2.05) is 0 Å². The molecule has 1 aliphatic heterocycles. The number of carbonyl (C=O) groups is 1. The van der Waals surface area contributed by atoms with Gasteiger partial charge in [0.15, 0.2) is 0 Å². The zero-order chi connectivity index (χ0) is 13.1. The zero-order valence-electron chi connectivity index (χ0n) is 10.1. The molecule has 5 nitrogen and oxygen atoms in total. The molecular weight excluding hydrogens is 237 g/mol. The first-order valence-electron chi connectivity index (χ1n) is 5.75. The lowest BCUT2D eigenvalue weighted by molar-refractivity contribution is -0.124. The summed E-state index contributed by atoms with van der Waals surface area (Å²) in [6.07, 6.45) is 0. The van der Waals surface area contributed by atoms with Gasteiger partial charge in [-0.25, -0.2) is 4.39 Å². The van der Waals surface area contributed by atoms with Gasteiger partial charge >= 0.3 is 0 Å². The number of ether oxygens (including phenoxy) is 1. The number of anilines is 2. The van der Waals surface area contributed by atoms with Gasteiger partial charge in [0, 0.05) is 13.6 Å². The molecule has 1 amide bonds. The van der Waals surface area contributed by atoms with Gasteiger partial charge in [0.05, 0.1) is 24.6 Å². The minimum absolute atomic E-state index is 0.0632. The molecule has 18 heavy (non-hydrogen) atoms. The smallest absolute Gasteiger partial charge is 0.244 e. The number of amides is 1. The molecule has 0 spiro atoms. The van der Waals surface area contributed by atoms with Crippen molar-refractivity contribution in [3.63, 3.8) is 0 Å². The van der Waals surface area contributed by atoms with Gasteiger partial charge in [-0.05, 0) is 12.1 Å². The van der Waals surface area contributed by atoms with Crippen LogP contribution in [0, 0.1) is 5.82 Å². The van der Waals surface area contributed by atoms with Crippen molar-refractivity contribution < 1.29 is 13.9 Å². The maximum Gasteiger partial charge on any atom is 0.244 e. The van der Waals surface area contributed by atoms with Crippen LogP contribution >= 0.6 is 0 Å². The number of nitrogen functional groups attached to an aromatic ring is 1. The predicted octanol–water partition coefficient (Wildman–Crippen LogP) is 0.359. The van der Waals surface area contributed by atoms with Gasteiger partial charge in [0.25, 0.3) is 0 Å². The van der Waals surface area contributed by atoms with Gasteiger partial charge in [-0.3, -0.25) is 4.79 Å². The Morgan fingerprint density at radius 2 is 2.39 bits per heavy atom. The highest BCUT2D eigenvalue weighted by molar-refractivity contribution is 5.87. The molecule has 1 unspecified atom stereocenters. The summed E-state index contributed by atoms with van der Waals surface area (Å²) >= 11 is 0. The van der Waals surface area contributed by atoms with Crippen LogP contribution in [0.2, 0.25) is 0 Å². The number of likely N-dealkylation sites (N-methyl/N-ethyl adjacent to an activating group) is 1. The molecule has 0 aliphatic carbocycles. The zero-order valence-corrected chi connectivity index (χ0v) is 10.1. The van der Waals surface area contributed by atoms with Gasteiger partial charge in [0.1, 0.15) is 11.9 Å². The fraction of sp³-hybridized carbons (Fsp3) is 0.417. The minimum Gasteiger partial charge on any atom is -0.395 e. The Bertz CT molecular complexity index is 453. The Balaban J connectivity index is 2.34. The summed E-state index contributed by atoms with van der Waals surface area (Å²) < 4.78 is 18.8. The van der Waals surface area contributed by atoms with Gasteiger partial charge in [0.2, 0.25) is 5.91 Å². The average molecular weight is 253 g/mol. The Hall–Kier alpha value is -1.82. The molecule has 0 saturated carbocycles. The third-order valence-corrected chi connectivity index (χ3v) is 3.02. The number of halogens is 1. The van der Waals surface area contributed by atoms with Crippen LogP contribution in [0.5, 0.6) is 0 Å². The summed E-state index contributed by atoms with van der Waals surface area (Å²) in [5, 5.41) is 2.57. The van der Waals surface area contributed by atoms with E-state index in [1.54, 1.807) is 24.1 Å². The summed E-state index contributed by atoms with van der Waals surface area (Å²) in [5.74, 6) is -0.645. The van der Waals surface area contributed by atoms with E-state index in [0.717, 1.165) is 0 Å². The van der Waals surface area contributed by atoms with Crippen LogP contribution in [0.4, 0.5) is 15.8 Å². The molecule has 1 fully saturated rings. The fourth-order valence-corrected chi connectivity index (χ4v) is 2.05. The number of carbonyl (C=O) groups excluding carboxylic acids is 1. The Kier molecular flexibility index (Phi) is 3.66. The standard InChI is InChI=1S/C12H16FN3O2/c1-15-12(17)10-7-18-6-5-16(10)9-4-2-3-8(13)11(9)14/h2-4,10H,5-7,14H2,1H3,(H,15,17). The summed E-state index contributed by atoms with van der Waals surface area (Å²) in [5.41, 5.74) is 6.33.